The van der Waals surface area contributed by atoms with Crippen LogP contribution >= 0.6 is 0 Å². The van der Waals surface area contributed by atoms with E-state index in [0.29, 0.717) is 0 Å². The standard InChI is InChI=1S/C4H9NO2.Na.H/c1-4(2,5)3(6)7;;/h5H2,1-2H3,(H,6,7);;. The number of rotatable bonds is 1. The zero-order chi connectivity index (χ0) is 6.08. The van der Waals surface area contributed by atoms with E-state index in [1.165, 1.54) is 13.8 Å². The molecule has 0 rings (SSSR count). The Hall–Kier alpha value is 0.430. The molecule has 0 amide bonds. The molecule has 44 valence electrons. The maximum atomic E-state index is 9.90. The molecular weight excluding hydrogens is 117 g/mol. The van der Waals surface area contributed by atoms with Crippen molar-refractivity contribution in [3.8, 4) is 0 Å². The van der Waals surface area contributed by atoms with Gasteiger partial charge in [0.2, 0.25) is 0 Å². The third kappa shape index (κ3) is 4.59. The topological polar surface area (TPSA) is 63.3 Å². The summed E-state index contributed by atoms with van der Waals surface area (Å²) in [4.78, 5) is 9.90. The van der Waals surface area contributed by atoms with Gasteiger partial charge in [-0.05, 0) is 13.8 Å². The molecule has 0 aliphatic heterocycles. The Morgan fingerprint density at radius 2 is 1.75 bits per heavy atom. The van der Waals surface area contributed by atoms with Crippen molar-refractivity contribution < 1.29 is 9.90 Å². The Balaban J connectivity index is 0. The van der Waals surface area contributed by atoms with Crippen molar-refractivity contribution in [2.24, 2.45) is 5.73 Å². The fourth-order valence-corrected chi connectivity index (χ4v) is 0. The molecule has 0 aliphatic rings. The second-order valence-corrected chi connectivity index (χ2v) is 2.03. The van der Waals surface area contributed by atoms with E-state index in [1.807, 2.05) is 0 Å². The van der Waals surface area contributed by atoms with E-state index in [-0.39, 0.29) is 29.6 Å². The van der Waals surface area contributed by atoms with Gasteiger partial charge >= 0.3 is 35.5 Å². The number of carboxylic acids is 1. The van der Waals surface area contributed by atoms with E-state index >= 15 is 0 Å². The van der Waals surface area contributed by atoms with Gasteiger partial charge in [0, 0.05) is 0 Å². The molecule has 0 aliphatic carbocycles. The van der Waals surface area contributed by atoms with Gasteiger partial charge in [0.25, 0.3) is 0 Å². The molecule has 0 heterocycles. The fourth-order valence-electron chi connectivity index (χ4n) is 0. The fraction of sp³-hybridized carbons (Fsp3) is 0.750. The van der Waals surface area contributed by atoms with Gasteiger partial charge in [0.05, 0.1) is 0 Å². The maximum absolute atomic E-state index is 9.90. The second-order valence-electron chi connectivity index (χ2n) is 2.03. The first kappa shape index (κ1) is 11.3. The summed E-state index contributed by atoms with van der Waals surface area (Å²) >= 11 is 0. The van der Waals surface area contributed by atoms with Crippen LogP contribution < -0.4 is 5.73 Å². The molecule has 0 radical (unpaired) electrons. The molecule has 0 atom stereocenters. The Kier molecular flexibility index (Phi) is 4.86. The van der Waals surface area contributed by atoms with Gasteiger partial charge in [-0.2, -0.15) is 0 Å². The summed E-state index contributed by atoms with van der Waals surface area (Å²) < 4.78 is 0. The van der Waals surface area contributed by atoms with Crippen LogP contribution in [0.3, 0.4) is 0 Å². The van der Waals surface area contributed by atoms with Crippen LogP contribution in [0.2, 0.25) is 0 Å². The number of hydrogen-bond donors (Lipinski definition) is 2. The Morgan fingerprint density at radius 1 is 1.62 bits per heavy atom. The molecule has 0 spiro atoms. The van der Waals surface area contributed by atoms with Crippen molar-refractivity contribution >= 4 is 35.5 Å². The second kappa shape index (κ2) is 3.45. The first-order valence-electron chi connectivity index (χ1n) is 1.97. The molecule has 0 saturated heterocycles. The van der Waals surface area contributed by atoms with E-state index in [4.69, 9.17) is 10.8 Å². The normalized spacial score (nSPS) is 9.88. The van der Waals surface area contributed by atoms with Gasteiger partial charge in [0.1, 0.15) is 5.54 Å². The molecule has 0 aromatic rings. The average Bonchev–Trinajstić information content (AvgIpc) is 1.31. The molecule has 0 aromatic heterocycles. The third-order valence-electron chi connectivity index (χ3n) is 0.551. The Labute approximate surface area is 70.5 Å². The summed E-state index contributed by atoms with van der Waals surface area (Å²) in [6.07, 6.45) is 0. The summed E-state index contributed by atoms with van der Waals surface area (Å²) in [6.45, 7) is 2.88. The van der Waals surface area contributed by atoms with Gasteiger partial charge in [-0.25, -0.2) is 0 Å². The van der Waals surface area contributed by atoms with Gasteiger partial charge in [-0.3, -0.25) is 4.79 Å². The molecule has 0 saturated carbocycles. The van der Waals surface area contributed by atoms with Crippen LogP contribution in [-0.2, 0) is 4.79 Å². The summed E-state index contributed by atoms with van der Waals surface area (Å²) in [5.41, 5.74) is 4.00. The van der Waals surface area contributed by atoms with Gasteiger partial charge < -0.3 is 10.8 Å². The van der Waals surface area contributed by atoms with Gasteiger partial charge in [-0.1, -0.05) is 0 Å². The van der Waals surface area contributed by atoms with E-state index < -0.39 is 11.5 Å². The van der Waals surface area contributed by atoms with Crippen molar-refractivity contribution in [3.63, 3.8) is 0 Å². The van der Waals surface area contributed by atoms with Crippen LogP contribution in [0.5, 0.6) is 0 Å². The van der Waals surface area contributed by atoms with Crippen molar-refractivity contribution in [2.45, 2.75) is 19.4 Å². The first-order chi connectivity index (χ1) is 2.94. The number of aliphatic carboxylic acids is 1. The molecule has 3 N–H and O–H groups in total. The summed E-state index contributed by atoms with van der Waals surface area (Å²) in [7, 11) is 0. The first-order valence-corrected chi connectivity index (χ1v) is 1.97. The molecule has 3 nitrogen and oxygen atoms in total. The van der Waals surface area contributed by atoms with E-state index in [9.17, 15) is 4.79 Å². The van der Waals surface area contributed by atoms with Gasteiger partial charge in [0.15, 0.2) is 0 Å². The summed E-state index contributed by atoms with van der Waals surface area (Å²) in [5.74, 6) is -0.979. The number of nitrogens with two attached hydrogens (primary N) is 1. The van der Waals surface area contributed by atoms with Crippen LogP contribution in [0.15, 0.2) is 0 Å². The SMILES string of the molecule is CC(C)(N)C(=O)O.[NaH]. The van der Waals surface area contributed by atoms with Crippen molar-refractivity contribution in [1.29, 1.82) is 0 Å². The minimum atomic E-state index is -1.08. The predicted octanol–water partition coefficient (Wildman–Crippen LogP) is -0.840. The minimum absolute atomic E-state index is 0. The van der Waals surface area contributed by atoms with Crippen LogP contribution in [-0.4, -0.2) is 46.2 Å². The summed E-state index contributed by atoms with van der Waals surface area (Å²) in [6, 6.07) is 0. The van der Waals surface area contributed by atoms with Crippen molar-refractivity contribution in [2.75, 3.05) is 0 Å². The third-order valence-corrected chi connectivity index (χ3v) is 0.551. The molecule has 0 aromatic carbocycles. The number of hydrogen-bond acceptors (Lipinski definition) is 2. The van der Waals surface area contributed by atoms with Crippen LogP contribution in [0.25, 0.3) is 0 Å². The molecule has 0 bridgehead atoms. The molecular formula is C4H10NNaO2. The van der Waals surface area contributed by atoms with Crippen LogP contribution in [0.4, 0.5) is 0 Å². The van der Waals surface area contributed by atoms with E-state index in [2.05, 4.69) is 0 Å². The van der Waals surface area contributed by atoms with Crippen LogP contribution in [0.1, 0.15) is 13.8 Å². The zero-order valence-corrected chi connectivity index (χ0v) is 4.43. The van der Waals surface area contributed by atoms with E-state index in [1.54, 1.807) is 0 Å². The average molecular weight is 127 g/mol. The quantitative estimate of drug-likeness (QED) is 0.451. The van der Waals surface area contributed by atoms with Gasteiger partial charge in [-0.15, -0.1) is 0 Å². The van der Waals surface area contributed by atoms with Crippen molar-refractivity contribution in [3.05, 3.63) is 0 Å². The van der Waals surface area contributed by atoms with Crippen molar-refractivity contribution in [1.82, 2.24) is 0 Å². The molecule has 4 heteroatoms. The Bertz CT molecular complexity index is 86.5. The van der Waals surface area contributed by atoms with E-state index in [0.717, 1.165) is 0 Å². The zero-order valence-electron chi connectivity index (χ0n) is 4.43. The number of carboxylic acid groups (broad SMARTS) is 1. The molecule has 0 unspecified atom stereocenters. The predicted molar refractivity (Wildman–Crippen MR) is 33.1 cm³/mol. The molecule has 0 fully saturated rings. The summed E-state index contributed by atoms with van der Waals surface area (Å²) in [5, 5.41) is 8.12. The van der Waals surface area contributed by atoms with Crippen LogP contribution in [0, 0.1) is 0 Å². The Morgan fingerprint density at radius 3 is 1.75 bits per heavy atom. The number of carbonyl (C=O) groups is 1. The molecule has 8 heavy (non-hydrogen) atoms. The monoisotopic (exact) mass is 127 g/mol.